The number of hydrogen-bond donors (Lipinski definition) is 1. The van der Waals surface area contributed by atoms with E-state index < -0.39 is 5.97 Å². The molecule has 0 amide bonds. The maximum atomic E-state index is 11.9. The van der Waals surface area contributed by atoms with Crippen LogP contribution in [0.1, 0.15) is 81.1 Å². The SMILES string of the molecule is CCN(c1sc(C)c(C(=O)O)c1C)C1CCOCC1.CCN(c1sc(C)c(C(=O)OC)c1C)C1CCOCC1. The third-order valence-corrected chi connectivity index (χ3v) is 10.2. The van der Waals surface area contributed by atoms with Crippen LogP contribution in [0.5, 0.6) is 0 Å². The number of anilines is 2. The number of rotatable bonds is 8. The molecule has 4 heterocycles. The number of carbonyl (C=O) groups is 2. The van der Waals surface area contributed by atoms with E-state index in [0.717, 1.165) is 96.6 Å². The molecule has 1 N–H and O–H groups in total. The summed E-state index contributed by atoms with van der Waals surface area (Å²) in [5.41, 5.74) is 3.17. The Labute approximate surface area is 240 Å². The van der Waals surface area contributed by atoms with Crippen LogP contribution in [-0.4, -0.2) is 75.8 Å². The van der Waals surface area contributed by atoms with Gasteiger partial charge in [0.15, 0.2) is 0 Å². The van der Waals surface area contributed by atoms with Crippen molar-refractivity contribution in [3.8, 4) is 0 Å². The molecule has 2 aliphatic rings. The van der Waals surface area contributed by atoms with E-state index in [2.05, 4.69) is 23.6 Å². The molecule has 0 atom stereocenters. The zero-order valence-electron chi connectivity index (χ0n) is 24.4. The van der Waals surface area contributed by atoms with Gasteiger partial charge in [0, 0.05) is 61.4 Å². The van der Waals surface area contributed by atoms with Gasteiger partial charge in [0.25, 0.3) is 0 Å². The minimum atomic E-state index is -0.819. The molecule has 2 aliphatic heterocycles. The lowest BCUT2D eigenvalue weighted by atomic mass is 10.1. The molecule has 0 saturated carbocycles. The van der Waals surface area contributed by atoms with Crippen LogP contribution < -0.4 is 9.80 Å². The maximum absolute atomic E-state index is 11.9. The molecule has 0 radical (unpaired) electrons. The largest absolute Gasteiger partial charge is 0.478 e. The van der Waals surface area contributed by atoms with E-state index in [9.17, 15) is 14.7 Å². The minimum absolute atomic E-state index is 0.231. The summed E-state index contributed by atoms with van der Waals surface area (Å²) in [6.45, 7) is 17.2. The summed E-state index contributed by atoms with van der Waals surface area (Å²) < 4.78 is 15.8. The number of aromatic carboxylic acids is 1. The number of carbonyl (C=O) groups excluding carboxylic acids is 1. The van der Waals surface area contributed by atoms with Gasteiger partial charge in [-0.1, -0.05) is 0 Å². The standard InChI is InChI=1S/C15H23NO3S.C14H21NO3S/c1-5-16(12-6-8-19-9-7-12)14-10(2)13(11(3)20-14)15(17)18-4;1-4-15(11-5-7-18-8-6-11)13-9(2)12(14(16)17)10(3)19-13/h12H,5-9H2,1-4H3;11H,4-8H2,1-3H3,(H,16,17). The number of ether oxygens (including phenoxy) is 3. The summed E-state index contributed by atoms with van der Waals surface area (Å²) in [5, 5.41) is 11.6. The predicted molar refractivity (Wildman–Crippen MR) is 160 cm³/mol. The van der Waals surface area contributed by atoms with Crippen LogP contribution in [0.25, 0.3) is 0 Å². The van der Waals surface area contributed by atoms with Gasteiger partial charge >= 0.3 is 11.9 Å². The quantitative estimate of drug-likeness (QED) is 0.368. The lowest BCUT2D eigenvalue weighted by molar-refractivity contribution is 0.0598. The highest BCUT2D eigenvalue weighted by Crippen LogP contribution is 2.39. The molecule has 0 spiro atoms. The van der Waals surface area contributed by atoms with Crippen molar-refractivity contribution in [1.29, 1.82) is 0 Å². The fourth-order valence-corrected chi connectivity index (χ4v) is 8.24. The van der Waals surface area contributed by atoms with Crippen molar-refractivity contribution in [3.63, 3.8) is 0 Å². The number of carboxylic acid groups (broad SMARTS) is 1. The van der Waals surface area contributed by atoms with Gasteiger partial charge in [0.1, 0.15) is 0 Å². The lowest BCUT2D eigenvalue weighted by Crippen LogP contribution is -2.39. The number of aryl methyl sites for hydroxylation is 2. The second-order valence-corrected chi connectivity index (χ2v) is 12.4. The van der Waals surface area contributed by atoms with E-state index in [1.54, 1.807) is 22.7 Å². The highest BCUT2D eigenvalue weighted by molar-refractivity contribution is 7.17. The van der Waals surface area contributed by atoms with Gasteiger partial charge in [-0.25, -0.2) is 9.59 Å². The summed E-state index contributed by atoms with van der Waals surface area (Å²) in [5.74, 6) is -1.05. The van der Waals surface area contributed by atoms with Crippen molar-refractivity contribution in [2.75, 3.05) is 56.4 Å². The van der Waals surface area contributed by atoms with Gasteiger partial charge in [0.05, 0.1) is 28.2 Å². The Hall–Kier alpha value is -2.14. The summed E-state index contributed by atoms with van der Waals surface area (Å²) in [6, 6.07) is 0.980. The van der Waals surface area contributed by atoms with E-state index in [0.29, 0.717) is 17.6 Å². The molecule has 2 aromatic heterocycles. The molecule has 39 heavy (non-hydrogen) atoms. The first-order valence-electron chi connectivity index (χ1n) is 13.9. The minimum Gasteiger partial charge on any atom is -0.478 e. The van der Waals surface area contributed by atoms with Gasteiger partial charge < -0.3 is 29.1 Å². The third kappa shape index (κ3) is 7.14. The van der Waals surface area contributed by atoms with E-state index in [1.807, 2.05) is 27.7 Å². The van der Waals surface area contributed by atoms with Crippen LogP contribution in [0.3, 0.4) is 0 Å². The van der Waals surface area contributed by atoms with Crippen molar-refractivity contribution in [2.45, 2.75) is 79.3 Å². The molecule has 0 bridgehead atoms. The number of nitrogens with zero attached hydrogens (tertiary/aromatic N) is 2. The second-order valence-electron chi connectivity index (χ2n) is 9.98. The average Bonchev–Trinajstić information content (AvgIpc) is 3.39. The highest BCUT2D eigenvalue weighted by Gasteiger charge is 2.28. The van der Waals surface area contributed by atoms with Gasteiger partial charge in [-0.15, -0.1) is 22.7 Å². The predicted octanol–water partition coefficient (Wildman–Crippen LogP) is 6.23. The van der Waals surface area contributed by atoms with E-state index in [4.69, 9.17) is 14.2 Å². The Kier molecular flexibility index (Phi) is 11.7. The zero-order chi connectivity index (χ0) is 28.7. The topological polar surface area (TPSA) is 88.5 Å². The zero-order valence-corrected chi connectivity index (χ0v) is 26.1. The van der Waals surface area contributed by atoms with Crippen molar-refractivity contribution in [1.82, 2.24) is 0 Å². The Morgan fingerprint density at radius 2 is 1.18 bits per heavy atom. The molecule has 10 heteroatoms. The molecule has 2 saturated heterocycles. The first-order chi connectivity index (χ1) is 18.7. The number of thiophene rings is 2. The average molecular weight is 581 g/mol. The summed E-state index contributed by atoms with van der Waals surface area (Å²) in [4.78, 5) is 29.9. The van der Waals surface area contributed by atoms with Crippen LogP contribution in [-0.2, 0) is 14.2 Å². The fourth-order valence-electron chi connectivity index (χ4n) is 5.67. The molecule has 0 aromatic carbocycles. The van der Waals surface area contributed by atoms with Gasteiger partial charge in [-0.05, 0) is 78.4 Å². The maximum Gasteiger partial charge on any atom is 0.339 e. The molecule has 2 aromatic rings. The van der Waals surface area contributed by atoms with Gasteiger partial charge in [-0.3, -0.25) is 0 Å². The number of carboxylic acids is 1. The molecule has 2 fully saturated rings. The van der Waals surface area contributed by atoms with Crippen LogP contribution in [0.4, 0.5) is 10.0 Å². The monoisotopic (exact) mass is 580 g/mol. The second kappa shape index (κ2) is 14.5. The van der Waals surface area contributed by atoms with Crippen molar-refractivity contribution in [3.05, 3.63) is 32.0 Å². The van der Waals surface area contributed by atoms with Crippen LogP contribution in [0, 0.1) is 27.7 Å². The van der Waals surface area contributed by atoms with E-state index in [1.165, 1.54) is 12.1 Å². The molecule has 0 aliphatic carbocycles. The van der Waals surface area contributed by atoms with Crippen LogP contribution in [0.2, 0.25) is 0 Å². The van der Waals surface area contributed by atoms with E-state index in [-0.39, 0.29) is 5.97 Å². The summed E-state index contributed by atoms with van der Waals surface area (Å²) >= 11 is 3.30. The normalized spacial score (nSPS) is 16.4. The van der Waals surface area contributed by atoms with E-state index >= 15 is 0 Å². The number of hydrogen-bond acceptors (Lipinski definition) is 9. The Balaban J connectivity index is 0.000000216. The third-order valence-electron chi connectivity index (χ3n) is 7.66. The molecule has 218 valence electrons. The summed E-state index contributed by atoms with van der Waals surface area (Å²) in [7, 11) is 1.44. The summed E-state index contributed by atoms with van der Waals surface area (Å²) in [6.07, 6.45) is 4.15. The van der Waals surface area contributed by atoms with Gasteiger partial charge in [0.2, 0.25) is 0 Å². The van der Waals surface area contributed by atoms with Crippen molar-refractivity contribution < 1.29 is 28.9 Å². The Morgan fingerprint density at radius 1 is 0.795 bits per heavy atom. The Bertz CT molecular complexity index is 1120. The van der Waals surface area contributed by atoms with Gasteiger partial charge in [-0.2, -0.15) is 0 Å². The van der Waals surface area contributed by atoms with Crippen molar-refractivity contribution in [2.24, 2.45) is 0 Å². The molecule has 4 rings (SSSR count). The smallest absolute Gasteiger partial charge is 0.339 e. The van der Waals surface area contributed by atoms with Crippen LogP contribution >= 0.6 is 22.7 Å². The lowest BCUT2D eigenvalue weighted by Gasteiger charge is -2.34. The molecular weight excluding hydrogens is 536 g/mol. The van der Waals surface area contributed by atoms with Crippen LogP contribution in [0.15, 0.2) is 0 Å². The highest BCUT2D eigenvalue weighted by atomic mass is 32.1. The fraction of sp³-hybridized carbons (Fsp3) is 0.655. The van der Waals surface area contributed by atoms with Crippen molar-refractivity contribution >= 4 is 44.6 Å². The number of methoxy groups -OCH3 is 1. The number of esters is 1. The first-order valence-corrected chi connectivity index (χ1v) is 15.5. The molecule has 0 unspecified atom stereocenters. The molecule has 8 nitrogen and oxygen atoms in total. The Morgan fingerprint density at radius 3 is 1.51 bits per heavy atom. The first kappa shape index (κ1) is 31.4. The molecular formula is C29H44N2O6S2.